The SMILES string of the molecule is C=CCOC(=O)c1sc(N2C(=O)C(=O)/C(=C(/O)c3ccc(OCCCC)cc3)C2c2cc(OC)c(OC)c(OC)c2)nc1C. The van der Waals surface area contributed by atoms with Crippen molar-refractivity contribution in [2.24, 2.45) is 0 Å². The summed E-state index contributed by atoms with van der Waals surface area (Å²) in [5.74, 6) is -1.48. The summed E-state index contributed by atoms with van der Waals surface area (Å²) in [7, 11) is 4.33. The predicted molar refractivity (Wildman–Crippen MR) is 165 cm³/mol. The van der Waals surface area contributed by atoms with Crippen molar-refractivity contribution >= 4 is 39.9 Å². The molecule has 3 aromatic rings. The molecule has 1 N–H and O–H groups in total. The quantitative estimate of drug-likeness (QED) is 0.0639. The molecule has 1 unspecified atom stereocenters. The Kier molecular flexibility index (Phi) is 10.3. The maximum atomic E-state index is 13.7. The van der Waals surface area contributed by atoms with Gasteiger partial charge < -0.3 is 28.8 Å². The van der Waals surface area contributed by atoms with Crippen LogP contribution >= 0.6 is 11.3 Å². The van der Waals surface area contributed by atoms with Gasteiger partial charge in [-0.3, -0.25) is 14.5 Å². The molecule has 2 aromatic carbocycles. The van der Waals surface area contributed by atoms with E-state index in [0.717, 1.165) is 29.1 Å². The number of aliphatic hydroxyl groups excluding tert-OH is 1. The number of anilines is 1. The molecule has 2 heterocycles. The van der Waals surface area contributed by atoms with E-state index >= 15 is 0 Å². The molecule has 0 radical (unpaired) electrons. The molecule has 1 atom stereocenters. The number of carbonyl (C=O) groups is 3. The number of esters is 1. The lowest BCUT2D eigenvalue weighted by Gasteiger charge is -2.24. The number of hydrogen-bond donors (Lipinski definition) is 1. The normalized spacial score (nSPS) is 15.7. The first kappa shape index (κ1) is 32.1. The smallest absolute Gasteiger partial charge is 0.350 e. The molecule has 1 aromatic heterocycles. The van der Waals surface area contributed by atoms with Gasteiger partial charge in [0.15, 0.2) is 16.6 Å². The number of benzene rings is 2. The van der Waals surface area contributed by atoms with Crippen molar-refractivity contribution in [3.8, 4) is 23.0 Å². The number of aryl methyl sites for hydroxylation is 1. The number of amides is 1. The number of thiazole rings is 1. The van der Waals surface area contributed by atoms with E-state index in [0.29, 0.717) is 34.9 Å². The predicted octanol–water partition coefficient (Wildman–Crippen LogP) is 5.63. The number of Topliss-reactive ketones (excluding diaryl/α,β-unsaturated/α-hetero) is 1. The molecule has 1 fully saturated rings. The minimum atomic E-state index is -1.17. The lowest BCUT2D eigenvalue weighted by molar-refractivity contribution is -0.132. The third kappa shape index (κ3) is 6.25. The van der Waals surface area contributed by atoms with Crippen LogP contribution in [0.1, 0.15) is 52.3 Å². The summed E-state index contributed by atoms with van der Waals surface area (Å²) in [6.45, 7) is 7.74. The van der Waals surface area contributed by atoms with Crippen LogP contribution in [-0.2, 0) is 14.3 Å². The second-order valence-electron chi connectivity index (χ2n) is 9.65. The summed E-state index contributed by atoms with van der Waals surface area (Å²) in [6, 6.07) is 8.58. The van der Waals surface area contributed by atoms with Gasteiger partial charge in [0, 0.05) is 5.56 Å². The first-order valence-corrected chi connectivity index (χ1v) is 14.6. The van der Waals surface area contributed by atoms with Gasteiger partial charge >= 0.3 is 11.9 Å². The molecule has 0 spiro atoms. The van der Waals surface area contributed by atoms with E-state index in [-0.39, 0.29) is 33.7 Å². The lowest BCUT2D eigenvalue weighted by atomic mass is 9.94. The first-order valence-electron chi connectivity index (χ1n) is 13.8. The Morgan fingerprint density at radius 2 is 1.75 bits per heavy atom. The van der Waals surface area contributed by atoms with Gasteiger partial charge in [0.05, 0.1) is 45.2 Å². The van der Waals surface area contributed by atoms with Crippen LogP contribution < -0.4 is 23.8 Å². The zero-order valence-corrected chi connectivity index (χ0v) is 26.0. The minimum Gasteiger partial charge on any atom is -0.507 e. The molecule has 1 aliphatic heterocycles. The summed E-state index contributed by atoms with van der Waals surface area (Å²) in [4.78, 5) is 45.8. The van der Waals surface area contributed by atoms with Crippen LogP contribution in [0.3, 0.4) is 0 Å². The molecule has 232 valence electrons. The molecule has 4 rings (SSSR count). The largest absolute Gasteiger partial charge is 0.507 e. The van der Waals surface area contributed by atoms with Crippen molar-refractivity contribution < 1.29 is 43.2 Å². The minimum absolute atomic E-state index is 0.0100. The highest BCUT2D eigenvalue weighted by atomic mass is 32.1. The topological polar surface area (TPSA) is 134 Å². The Balaban J connectivity index is 1.90. The average Bonchev–Trinajstić information content (AvgIpc) is 3.55. The number of nitrogens with zero attached hydrogens (tertiary/aromatic N) is 2. The Labute approximate surface area is 259 Å². The van der Waals surface area contributed by atoms with Gasteiger partial charge in [0.1, 0.15) is 23.0 Å². The van der Waals surface area contributed by atoms with E-state index in [9.17, 15) is 19.5 Å². The van der Waals surface area contributed by atoms with Gasteiger partial charge in [0.25, 0.3) is 5.78 Å². The number of ether oxygens (including phenoxy) is 5. The van der Waals surface area contributed by atoms with Crippen molar-refractivity contribution in [2.75, 3.05) is 39.4 Å². The molecule has 0 aliphatic carbocycles. The Morgan fingerprint density at radius 1 is 1.09 bits per heavy atom. The fraction of sp³-hybridized carbons (Fsp3) is 0.312. The van der Waals surface area contributed by atoms with Crippen LogP contribution in [0.25, 0.3) is 5.76 Å². The molecule has 44 heavy (non-hydrogen) atoms. The van der Waals surface area contributed by atoms with Crippen molar-refractivity contribution in [3.05, 3.63) is 76.3 Å². The fourth-order valence-electron chi connectivity index (χ4n) is 4.68. The Hall–Kier alpha value is -4.84. The fourth-order valence-corrected chi connectivity index (χ4v) is 5.67. The average molecular weight is 623 g/mol. The van der Waals surface area contributed by atoms with Crippen LogP contribution in [0.2, 0.25) is 0 Å². The lowest BCUT2D eigenvalue weighted by Crippen LogP contribution is -2.29. The van der Waals surface area contributed by atoms with E-state index in [2.05, 4.69) is 18.5 Å². The molecule has 0 bridgehead atoms. The number of unbranched alkanes of at least 4 members (excludes halogenated alkanes) is 1. The molecular formula is C32H34N2O9S. The molecule has 1 saturated heterocycles. The van der Waals surface area contributed by atoms with Gasteiger partial charge in [0.2, 0.25) is 5.75 Å². The van der Waals surface area contributed by atoms with E-state index in [4.69, 9.17) is 23.7 Å². The summed E-state index contributed by atoms with van der Waals surface area (Å²) < 4.78 is 27.4. The van der Waals surface area contributed by atoms with Gasteiger partial charge in [-0.1, -0.05) is 37.3 Å². The van der Waals surface area contributed by atoms with Gasteiger partial charge in [-0.25, -0.2) is 9.78 Å². The highest BCUT2D eigenvalue weighted by Crippen LogP contribution is 2.48. The van der Waals surface area contributed by atoms with Gasteiger partial charge in [-0.05, 0) is 55.3 Å². The second-order valence-corrected chi connectivity index (χ2v) is 10.6. The Morgan fingerprint density at radius 3 is 2.32 bits per heavy atom. The number of carbonyl (C=O) groups excluding carboxylic acids is 3. The molecule has 11 nitrogen and oxygen atoms in total. The van der Waals surface area contributed by atoms with Crippen LogP contribution in [-0.4, -0.2) is 62.3 Å². The number of rotatable bonds is 13. The molecular weight excluding hydrogens is 588 g/mol. The Bertz CT molecular complexity index is 1570. The zero-order valence-electron chi connectivity index (χ0n) is 25.2. The van der Waals surface area contributed by atoms with Crippen molar-refractivity contribution in [2.45, 2.75) is 32.7 Å². The number of methoxy groups -OCH3 is 3. The van der Waals surface area contributed by atoms with Crippen molar-refractivity contribution in [3.63, 3.8) is 0 Å². The second kappa shape index (κ2) is 14.1. The highest BCUT2D eigenvalue weighted by Gasteiger charge is 2.49. The molecule has 0 saturated carbocycles. The number of ketones is 1. The van der Waals surface area contributed by atoms with E-state index in [1.54, 1.807) is 43.3 Å². The van der Waals surface area contributed by atoms with E-state index in [1.807, 2.05) is 0 Å². The zero-order chi connectivity index (χ0) is 32.0. The molecule has 1 amide bonds. The van der Waals surface area contributed by atoms with Crippen LogP contribution in [0.5, 0.6) is 23.0 Å². The third-order valence-electron chi connectivity index (χ3n) is 6.85. The summed E-state index contributed by atoms with van der Waals surface area (Å²) in [5, 5.41) is 11.6. The summed E-state index contributed by atoms with van der Waals surface area (Å²) in [5.41, 5.74) is 0.784. The maximum Gasteiger partial charge on any atom is 0.350 e. The van der Waals surface area contributed by atoms with Gasteiger partial charge in [-0.2, -0.15) is 0 Å². The number of hydrogen-bond acceptors (Lipinski definition) is 11. The maximum absolute atomic E-state index is 13.7. The third-order valence-corrected chi connectivity index (χ3v) is 7.99. The monoisotopic (exact) mass is 622 g/mol. The molecule has 12 heteroatoms. The van der Waals surface area contributed by atoms with E-state index < -0.39 is 29.5 Å². The van der Waals surface area contributed by atoms with Crippen LogP contribution in [0.4, 0.5) is 5.13 Å². The van der Waals surface area contributed by atoms with E-state index in [1.165, 1.54) is 27.4 Å². The van der Waals surface area contributed by atoms with Crippen LogP contribution in [0, 0.1) is 6.92 Å². The summed E-state index contributed by atoms with van der Waals surface area (Å²) in [6.07, 6.45) is 3.31. The van der Waals surface area contributed by atoms with Gasteiger partial charge in [-0.15, -0.1) is 0 Å². The van der Waals surface area contributed by atoms with Crippen molar-refractivity contribution in [1.82, 2.24) is 4.98 Å². The summed E-state index contributed by atoms with van der Waals surface area (Å²) >= 11 is 0.893. The van der Waals surface area contributed by atoms with Crippen LogP contribution in [0.15, 0.2) is 54.6 Å². The number of aliphatic hydroxyl groups is 1. The molecule has 1 aliphatic rings. The van der Waals surface area contributed by atoms with Crippen molar-refractivity contribution in [1.29, 1.82) is 0 Å². The standard InChI is InChI=1S/C32H34N2O9S/c1-7-9-15-42-21-12-10-19(11-13-21)26(35)24-25(20-16-22(39-4)28(41-6)23(17-20)40-5)34(30(37)27(24)36)32-33-18(3)29(44-32)31(38)43-14-8-2/h8,10-13,16-17,25,35H,2,7,9,14-15H2,1,3-6H3/b26-24+. The number of aromatic nitrogens is 1. The highest BCUT2D eigenvalue weighted by molar-refractivity contribution is 7.17. The first-order chi connectivity index (χ1) is 21.2.